The molecule has 1 heterocycles. The average Bonchev–Trinajstić information content (AvgIpc) is 2.53. The van der Waals surface area contributed by atoms with Gasteiger partial charge in [0.05, 0.1) is 17.6 Å². The van der Waals surface area contributed by atoms with Crippen molar-refractivity contribution >= 4 is 0 Å². The van der Waals surface area contributed by atoms with Gasteiger partial charge in [-0.1, -0.05) is 23.4 Å². The van der Waals surface area contributed by atoms with E-state index in [4.69, 9.17) is 0 Å². The summed E-state index contributed by atoms with van der Waals surface area (Å²) in [6.07, 6.45) is 1.63. The minimum Gasteiger partial charge on any atom is -0.218 e. The summed E-state index contributed by atoms with van der Waals surface area (Å²) >= 11 is 0. The fourth-order valence-electron chi connectivity index (χ4n) is 1.04. The Kier molecular flexibility index (Phi) is 1.63. The smallest absolute Gasteiger partial charge is 0.0729 e. The van der Waals surface area contributed by atoms with E-state index < -0.39 is 0 Å². The number of para-hydroxylation sites is 1. The van der Waals surface area contributed by atoms with E-state index in [0.717, 1.165) is 11.4 Å². The summed E-state index contributed by atoms with van der Waals surface area (Å²) in [6, 6.07) is 9.79. The van der Waals surface area contributed by atoms with Crippen molar-refractivity contribution in [1.82, 2.24) is 15.0 Å². The molecule has 0 aliphatic heterocycles. The van der Waals surface area contributed by atoms with Crippen LogP contribution >= 0.6 is 0 Å². The van der Waals surface area contributed by atoms with E-state index in [-0.39, 0.29) is 0 Å². The molecule has 1 aromatic heterocycles. The third kappa shape index (κ3) is 1.09. The molecule has 0 atom stereocenters. The molecule has 3 nitrogen and oxygen atoms in total. The predicted octanol–water partition coefficient (Wildman–Crippen LogP) is 1.45. The third-order valence-electron chi connectivity index (χ3n) is 1.62. The van der Waals surface area contributed by atoms with Gasteiger partial charge in [0, 0.05) is 0 Å². The molecule has 0 spiro atoms. The van der Waals surface area contributed by atoms with E-state index in [0.29, 0.717) is 0 Å². The first-order valence-electron chi connectivity index (χ1n) is 3.66. The molecule has 2 aromatic rings. The van der Waals surface area contributed by atoms with Gasteiger partial charge in [-0.15, -0.1) is 5.10 Å². The van der Waals surface area contributed by atoms with Gasteiger partial charge in [0.25, 0.3) is 0 Å². The van der Waals surface area contributed by atoms with Gasteiger partial charge in [-0.3, -0.25) is 0 Å². The molecule has 0 saturated carbocycles. The molecule has 1 radical (unpaired) electrons. The number of aromatic nitrogens is 3. The lowest BCUT2D eigenvalue weighted by atomic mass is 10.3. The van der Waals surface area contributed by atoms with Gasteiger partial charge in [0.15, 0.2) is 0 Å². The molecule has 12 heavy (non-hydrogen) atoms. The summed E-state index contributed by atoms with van der Waals surface area (Å²) in [7, 11) is 0. The minimum atomic E-state index is 0.793. The van der Waals surface area contributed by atoms with Gasteiger partial charge in [-0.25, -0.2) is 4.68 Å². The summed E-state index contributed by atoms with van der Waals surface area (Å²) in [6.45, 7) is 3.79. The molecule has 0 aliphatic rings. The number of hydrogen-bond acceptors (Lipinski definition) is 2. The molecular weight excluding hydrogens is 150 g/mol. The van der Waals surface area contributed by atoms with Gasteiger partial charge >= 0.3 is 0 Å². The fraction of sp³-hybridized carbons (Fsp3) is 0. The van der Waals surface area contributed by atoms with Gasteiger partial charge in [-0.05, 0) is 19.1 Å². The lowest BCUT2D eigenvalue weighted by Crippen LogP contribution is -1.97. The highest BCUT2D eigenvalue weighted by molar-refractivity contribution is 5.31. The molecule has 0 fully saturated rings. The van der Waals surface area contributed by atoms with Crippen molar-refractivity contribution in [2.24, 2.45) is 0 Å². The van der Waals surface area contributed by atoms with E-state index in [9.17, 15) is 0 Å². The van der Waals surface area contributed by atoms with Crippen LogP contribution < -0.4 is 0 Å². The normalized spacial score (nSPS) is 10.1. The Hall–Kier alpha value is -1.64. The second-order valence-electron chi connectivity index (χ2n) is 2.47. The van der Waals surface area contributed by atoms with Gasteiger partial charge in [-0.2, -0.15) is 0 Å². The first-order chi connectivity index (χ1) is 5.88. The molecule has 59 valence electrons. The van der Waals surface area contributed by atoms with Crippen LogP contribution in [0.25, 0.3) is 5.69 Å². The van der Waals surface area contributed by atoms with Gasteiger partial charge < -0.3 is 0 Å². The highest BCUT2D eigenvalue weighted by Gasteiger charge is 1.98. The van der Waals surface area contributed by atoms with E-state index in [1.54, 1.807) is 10.9 Å². The zero-order chi connectivity index (χ0) is 8.39. The Bertz CT molecular complexity index is 364. The maximum Gasteiger partial charge on any atom is 0.0729 e. The van der Waals surface area contributed by atoms with Crippen LogP contribution in [0.1, 0.15) is 5.69 Å². The van der Waals surface area contributed by atoms with Crippen LogP contribution in [0, 0.1) is 6.92 Å². The third-order valence-corrected chi connectivity index (χ3v) is 1.62. The molecule has 0 N–H and O–H groups in total. The van der Waals surface area contributed by atoms with Crippen LogP contribution in [0.4, 0.5) is 0 Å². The van der Waals surface area contributed by atoms with Crippen molar-refractivity contribution in [2.75, 3.05) is 0 Å². The van der Waals surface area contributed by atoms with Crippen molar-refractivity contribution in [1.29, 1.82) is 0 Å². The van der Waals surface area contributed by atoms with E-state index in [1.165, 1.54) is 0 Å². The molecule has 0 saturated heterocycles. The zero-order valence-corrected chi connectivity index (χ0v) is 6.51. The predicted molar refractivity (Wildman–Crippen MR) is 45.8 cm³/mol. The average molecular weight is 158 g/mol. The Balaban J connectivity index is 2.51. The number of nitrogens with zero attached hydrogens (tertiary/aromatic N) is 3. The Labute approximate surface area is 70.6 Å². The lowest BCUT2D eigenvalue weighted by Gasteiger charge is -2.00. The number of benzene rings is 1. The number of rotatable bonds is 1. The van der Waals surface area contributed by atoms with Crippen LogP contribution in [0.3, 0.4) is 0 Å². The van der Waals surface area contributed by atoms with Crippen molar-refractivity contribution in [3.05, 3.63) is 49.1 Å². The highest BCUT2D eigenvalue weighted by Crippen LogP contribution is 2.06. The quantitative estimate of drug-likeness (QED) is 0.628. The Morgan fingerprint density at radius 3 is 2.50 bits per heavy atom. The maximum atomic E-state index is 3.89. The number of hydrogen-bond donors (Lipinski definition) is 0. The van der Waals surface area contributed by atoms with Gasteiger partial charge in [0.1, 0.15) is 0 Å². The van der Waals surface area contributed by atoms with Gasteiger partial charge in [0.2, 0.25) is 0 Å². The molecule has 0 bridgehead atoms. The van der Waals surface area contributed by atoms with Crippen LogP contribution in [0.2, 0.25) is 0 Å². The van der Waals surface area contributed by atoms with Crippen molar-refractivity contribution in [3.63, 3.8) is 0 Å². The van der Waals surface area contributed by atoms with Crippen LogP contribution in [-0.2, 0) is 0 Å². The summed E-state index contributed by atoms with van der Waals surface area (Å²) in [5.74, 6) is 0. The molecule has 0 aliphatic carbocycles. The topological polar surface area (TPSA) is 30.7 Å². The molecule has 2 rings (SSSR count). The highest BCUT2D eigenvalue weighted by atomic mass is 15.4. The maximum absolute atomic E-state index is 3.89. The van der Waals surface area contributed by atoms with Crippen LogP contribution in [0.15, 0.2) is 36.5 Å². The first-order valence-corrected chi connectivity index (χ1v) is 3.66. The Morgan fingerprint density at radius 2 is 1.92 bits per heavy atom. The van der Waals surface area contributed by atoms with Crippen molar-refractivity contribution in [2.45, 2.75) is 0 Å². The lowest BCUT2D eigenvalue weighted by molar-refractivity contribution is 0.794. The molecule has 3 heteroatoms. The minimum absolute atomic E-state index is 0.793. The summed E-state index contributed by atoms with van der Waals surface area (Å²) in [5.41, 5.74) is 1.78. The monoisotopic (exact) mass is 158 g/mol. The van der Waals surface area contributed by atoms with E-state index in [2.05, 4.69) is 17.2 Å². The van der Waals surface area contributed by atoms with Crippen LogP contribution in [0.5, 0.6) is 0 Å². The van der Waals surface area contributed by atoms with Crippen molar-refractivity contribution in [3.8, 4) is 5.69 Å². The molecule has 1 aromatic carbocycles. The van der Waals surface area contributed by atoms with E-state index >= 15 is 0 Å². The summed E-state index contributed by atoms with van der Waals surface area (Å²) < 4.78 is 1.69. The molecule has 0 amide bonds. The second-order valence-corrected chi connectivity index (χ2v) is 2.47. The summed E-state index contributed by atoms with van der Waals surface area (Å²) in [4.78, 5) is 0. The van der Waals surface area contributed by atoms with Crippen LogP contribution in [-0.4, -0.2) is 15.0 Å². The second kappa shape index (κ2) is 2.77. The molecular formula is C9H8N3. The largest absolute Gasteiger partial charge is 0.218 e. The zero-order valence-electron chi connectivity index (χ0n) is 6.51. The Morgan fingerprint density at radius 1 is 1.17 bits per heavy atom. The van der Waals surface area contributed by atoms with Crippen molar-refractivity contribution < 1.29 is 0 Å². The fourth-order valence-corrected chi connectivity index (χ4v) is 1.04. The summed E-state index contributed by atoms with van der Waals surface area (Å²) in [5, 5.41) is 7.64. The SMILES string of the molecule is [CH2]c1cnnn1-c1ccccc1. The molecule has 0 unspecified atom stereocenters. The standard InChI is InChI=1S/C9H8N3/c1-8-7-10-11-12(8)9-5-3-2-4-6-9/h2-7H,1H2. The first kappa shape index (κ1) is 7.03. The van der Waals surface area contributed by atoms with E-state index in [1.807, 2.05) is 30.3 Å².